The van der Waals surface area contributed by atoms with Crippen LogP contribution < -0.4 is 0 Å². The van der Waals surface area contributed by atoms with Gasteiger partial charge in [0.1, 0.15) is 0 Å². The zero-order valence-electron chi connectivity index (χ0n) is 11.0. The summed E-state index contributed by atoms with van der Waals surface area (Å²) in [5, 5.41) is 2.27. The van der Waals surface area contributed by atoms with Gasteiger partial charge in [0.05, 0.1) is 12.0 Å². The summed E-state index contributed by atoms with van der Waals surface area (Å²) in [6, 6.07) is 14.1. The minimum atomic E-state index is -0.238. The van der Waals surface area contributed by atoms with Gasteiger partial charge in [-0.2, -0.15) is 0 Å². The summed E-state index contributed by atoms with van der Waals surface area (Å²) in [6.07, 6.45) is -0.0741. The first-order chi connectivity index (χ1) is 8.59. The van der Waals surface area contributed by atoms with Crippen LogP contribution in [0.2, 0.25) is 0 Å². The number of hydrogen-bond donors (Lipinski definition) is 0. The zero-order chi connectivity index (χ0) is 13.1. The Morgan fingerprint density at radius 3 is 2.39 bits per heavy atom. The van der Waals surface area contributed by atoms with E-state index in [0.29, 0.717) is 0 Å². The fraction of sp³-hybridized carbons (Fsp3) is 0.312. The van der Waals surface area contributed by atoms with Gasteiger partial charge in [-0.3, -0.25) is 4.79 Å². The second-order valence-corrected chi connectivity index (χ2v) is 4.78. The van der Waals surface area contributed by atoms with Gasteiger partial charge in [-0.25, -0.2) is 0 Å². The van der Waals surface area contributed by atoms with E-state index in [1.807, 2.05) is 51.1 Å². The topological polar surface area (TPSA) is 26.3 Å². The van der Waals surface area contributed by atoms with Crippen LogP contribution >= 0.6 is 0 Å². The summed E-state index contributed by atoms with van der Waals surface area (Å²) >= 11 is 0. The quantitative estimate of drug-likeness (QED) is 0.763. The van der Waals surface area contributed by atoms with E-state index in [-0.39, 0.29) is 18.0 Å². The molecule has 0 aliphatic rings. The van der Waals surface area contributed by atoms with E-state index < -0.39 is 0 Å². The first-order valence-corrected chi connectivity index (χ1v) is 6.27. The summed E-state index contributed by atoms with van der Waals surface area (Å²) in [6.45, 7) is 5.63. The lowest BCUT2D eigenvalue weighted by atomic mass is 9.95. The predicted molar refractivity (Wildman–Crippen MR) is 73.6 cm³/mol. The summed E-state index contributed by atoms with van der Waals surface area (Å²) in [5.41, 5.74) is 1.03. The van der Waals surface area contributed by atoms with Gasteiger partial charge in [0.2, 0.25) is 0 Å². The maximum Gasteiger partial charge on any atom is 0.313 e. The molecule has 0 aliphatic heterocycles. The lowest BCUT2D eigenvalue weighted by molar-refractivity contribution is -0.148. The molecule has 2 nitrogen and oxygen atoms in total. The van der Waals surface area contributed by atoms with Crippen LogP contribution in [0.3, 0.4) is 0 Å². The van der Waals surface area contributed by atoms with Crippen LogP contribution in [0.15, 0.2) is 42.5 Å². The van der Waals surface area contributed by atoms with Gasteiger partial charge in [0.15, 0.2) is 0 Å². The maximum atomic E-state index is 12.0. The first kappa shape index (κ1) is 12.6. The van der Waals surface area contributed by atoms with Crippen LogP contribution in [-0.4, -0.2) is 12.1 Å². The molecule has 18 heavy (non-hydrogen) atoms. The summed E-state index contributed by atoms with van der Waals surface area (Å²) in [4.78, 5) is 12.0. The van der Waals surface area contributed by atoms with Crippen LogP contribution in [0.5, 0.6) is 0 Å². The van der Waals surface area contributed by atoms with E-state index in [1.165, 1.54) is 0 Å². The average molecular weight is 242 g/mol. The minimum Gasteiger partial charge on any atom is -0.463 e. The maximum absolute atomic E-state index is 12.0. The van der Waals surface area contributed by atoms with Crippen LogP contribution in [0.4, 0.5) is 0 Å². The van der Waals surface area contributed by atoms with Gasteiger partial charge in [-0.1, -0.05) is 42.5 Å². The zero-order valence-corrected chi connectivity index (χ0v) is 11.0. The standard InChI is InChI=1S/C16H18O2/c1-11(2)18-16(17)12(3)14-10-6-8-13-7-4-5-9-15(13)14/h4-12H,1-3H3/t12-/m0/s1. The van der Waals surface area contributed by atoms with E-state index >= 15 is 0 Å². The van der Waals surface area contributed by atoms with Crippen molar-refractivity contribution >= 4 is 16.7 Å². The monoisotopic (exact) mass is 242 g/mol. The number of fused-ring (bicyclic) bond motifs is 1. The highest BCUT2D eigenvalue weighted by atomic mass is 16.5. The van der Waals surface area contributed by atoms with Gasteiger partial charge >= 0.3 is 5.97 Å². The minimum absolute atomic E-state index is 0.0741. The van der Waals surface area contributed by atoms with Gasteiger partial charge in [0.25, 0.3) is 0 Å². The van der Waals surface area contributed by atoms with Crippen molar-refractivity contribution in [2.45, 2.75) is 32.8 Å². The number of esters is 1. The number of rotatable bonds is 3. The summed E-state index contributed by atoms with van der Waals surface area (Å²) < 4.78 is 5.28. The number of carbonyl (C=O) groups excluding carboxylic acids is 1. The van der Waals surface area contributed by atoms with Crippen molar-refractivity contribution < 1.29 is 9.53 Å². The summed E-state index contributed by atoms with van der Waals surface area (Å²) in [5.74, 6) is -0.403. The second-order valence-electron chi connectivity index (χ2n) is 4.78. The van der Waals surface area contributed by atoms with Gasteiger partial charge in [-0.15, -0.1) is 0 Å². The molecular weight excluding hydrogens is 224 g/mol. The van der Waals surface area contributed by atoms with E-state index in [2.05, 4.69) is 12.1 Å². The number of ether oxygens (including phenoxy) is 1. The Hall–Kier alpha value is -1.83. The largest absolute Gasteiger partial charge is 0.463 e. The molecule has 0 spiro atoms. The van der Waals surface area contributed by atoms with Crippen molar-refractivity contribution in [1.82, 2.24) is 0 Å². The van der Waals surface area contributed by atoms with Crippen molar-refractivity contribution in [3.05, 3.63) is 48.0 Å². The summed E-state index contributed by atoms with van der Waals surface area (Å²) in [7, 11) is 0. The lowest BCUT2D eigenvalue weighted by Gasteiger charge is -2.16. The molecule has 1 atom stereocenters. The molecule has 2 aromatic carbocycles. The Kier molecular flexibility index (Phi) is 3.66. The molecule has 0 saturated heterocycles. The number of benzene rings is 2. The number of hydrogen-bond acceptors (Lipinski definition) is 2. The molecule has 0 saturated carbocycles. The molecule has 2 aromatic rings. The van der Waals surface area contributed by atoms with Crippen LogP contribution in [0.25, 0.3) is 10.8 Å². The Labute approximate surface area is 108 Å². The normalized spacial score (nSPS) is 12.7. The smallest absolute Gasteiger partial charge is 0.313 e. The third-order valence-corrected chi connectivity index (χ3v) is 3.00. The molecule has 0 fully saturated rings. The molecule has 0 aromatic heterocycles. The van der Waals surface area contributed by atoms with E-state index in [0.717, 1.165) is 16.3 Å². The third-order valence-electron chi connectivity index (χ3n) is 3.00. The van der Waals surface area contributed by atoms with E-state index in [1.54, 1.807) is 0 Å². The molecule has 0 N–H and O–H groups in total. The molecule has 94 valence electrons. The van der Waals surface area contributed by atoms with Crippen molar-refractivity contribution in [2.75, 3.05) is 0 Å². The van der Waals surface area contributed by atoms with E-state index in [9.17, 15) is 4.79 Å². The Morgan fingerprint density at radius 1 is 1.00 bits per heavy atom. The Bertz CT molecular complexity index is 553. The highest BCUT2D eigenvalue weighted by molar-refractivity contribution is 5.91. The SMILES string of the molecule is CC(C)OC(=O)[C@@H](C)c1cccc2ccccc12. The van der Waals surface area contributed by atoms with Crippen LogP contribution in [-0.2, 0) is 9.53 Å². The van der Waals surface area contributed by atoms with Crippen molar-refractivity contribution in [1.29, 1.82) is 0 Å². The Balaban J connectivity index is 2.38. The van der Waals surface area contributed by atoms with Crippen molar-refractivity contribution in [3.8, 4) is 0 Å². The predicted octanol–water partition coefficient (Wildman–Crippen LogP) is 3.89. The van der Waals surface area contributed by atoms with Gasteiger partial charge in [0, 0.05) is 0 Å². The highest BCUT2D eigenvalue weighted by Gasteiger charge is 2.19. The molecule has 0 heterocycles. The van der Waals surface area contributed by atoms with Gasteiger partial charge < -0.3 is 4.74 Å². The van der Waals surface area contributed by atoms with Gasteiger partial charge in [-0.05, 0) is 37.1 Å². The van der Waals surface area contributed by atoms with Crippen molar-refractivity contribution in [2.24, 2.45) is 0 Å². The molecule has 0 aliphatic carbocycles. The van der Waals surface area contributed by atoms with Crippen LogP contribution in [0, 0.1) is 0 Å². The third kappa shape index (κ3) is 2.53. The molecule has 2 heteroatoms. The lowest BCUT2D eigenvalue weighted by Crippen LogP contribution is -2.17. The molecule has 2 rings (SSSR count). The highest BCUT2D eigenvalue weighted by Crippen LogP contribution is 2.26. The Morgan fingerprint density at radius 2 is 1.67 bits per heavy atom. The molecule has 0 unspecified atom stereocenters. The average Bonchev–Trinajstić information content (AvgIpc) is 2.36. The molecule has 0 amide bonds. The fourth-order valence-electron chi connectivity index (χ4n) is 2.09. The van der Waals surface area contributed by atoms with Crippen molar-refractivity contribution in [3.63, 3.8) is 0 Å². The van der Waals surface area contributed by atoms with Crippen LogP contribution in [0.1, 0.15) is 32.3 Å². The van der Waals surface area contributed by atoms with E-state index in [4.69, 9.17) is 4.74 Å². The second kappa shape index (κ2) is 5.21. The molecule has 0 bridgehead atoms. The molecule has 0 radical (unpaired) electrons. The number of carbonyl (C=O) groups is 1. The molecular formula is C16H18O2. The first-order valence-electron chi connectivity index (χ1n) is 6.27. The fourth-order valence-corrected chi connectivity index (χ4v) is 2.09.